The number of carbonyl (C=O) groups excluding carboxylic acids is 2. The van der Waals surface area contributed by atoms with E-state index in [4.69, 9.17) is 10.3 Å². The number of nitrogens with two attached hydrogens (primary N) is 1. The summed E-state index contributed by atoms with van der Waals surface area (Å²) in [5.41, 5.74) is 4.80. The molecule has 16 heavy (non-hydrogen) atoms. The Balaban J connectivity index is 2.37. The molecule has 3 amide bonds. The fraction of sp³-hybridized carbons (Fsp3) is 0.500. The molecule has 1 aromatic rings. The molecule has 0 fully saturated rings. The van der Waals surface area contributed by atoms with Gasteiger partial charge in [-0.05, 0) is 6.92 Å². The second kappa shape index (κ2) is 5.21. The Labute approximate surface area is 91.6 Å². The van der Waals surface area contributed by atoms with Crippen LogP contribution in [0.3, 0.4) is 0 Å². The molecule has 0 bridgehead atoms. The van der Waals surface area contributed by atoms with E-state index in [-0.39, 0.29) is 6.54 Å². The van der Waals surface area contributed by atoms with E-state index < -0.39 is 18.0 Å². The minimum atomic E-state index is -0.881. The third-order valence-electron chi connectivity index (χ3n) is 1.78. The molecular weight excluding hydrogens is 214 g/mol. The predicted octanol–water partition coefficient (Wildman–Crippen LogP) is -0.949. The van der Waals surface area contributed by atoms with Crippen molar-refractivity contribution in [1.82, 2.24) is 20.8 Å². The number of primary amides is 1. The first-order valence-electron chi connectivity index (χ1n) is 4.62. The number of aryl methyl sites for hydroxylation is 1. The van der Waals surface area contributed by atoms with Crippen molar-refractivity contribution in [2.24, 2.45) is 5.73 Å². The van der Waals surface area contributed by atoms with Crippen molar-refractivity contribution >= 4 is 11.9 Å². The molecule has 1 heterocycles. The number of imide groups is 1. The van der Waals surface area contributed by atoms with Gasteiger partial charge in [-0.3, -0.25) is 15.4 Å². The predicted molar refractivity (Wildman–Crippen MR) is 53.1 cm³/mol. The Hall–Kier alpha value is -1.96. The third-order valence-corrected chi connectivity index (χ3v) is 1.78. The Morgan fingerprint density at radius 3 is 2.75 bits per heavy atom. The summed E-state index contributed by atoms with van der Waals surface area (Å²) in [5.74, 6) is 0.384. The molecule has 0 aliphatic heterocycles. The first-order valence-corrected chi connectivity index (χ1v) is 4.62. The van der Waals surface area contributed by atoms with Crippen molar-refractivity contribution in [1.29, 1.82) is 0 Å². The van der Waals surface area contributed by atoms with Crippen molar-refractivity contribution < 1.29 is 14.1 Å². The van der Waals surface area contributed by atoms with Gasteiger partial charge in [0, 0.05) is 6.92 Å². The van der Waals surface area contributed by atoms with Gasteiger partial charge in [0.15, 0.2) is 5.82 Å². The first-order chi connectivity index (χ1) is 7.49. The average Bonchev–Trinajstić information content (AvgIpc) is 2.59. The zero-order chi connectivity index (χ0) is 12.1. The van der Waals surface area contributed by atoms with Gasteiger partial charge in [0.05, 0.1) is 12.6 Å². The van der Waals surface area contributed by atoms with Crippen LogP contribution in [0.15, 0.2) is 4.52 Å². The van der Waals surface area contributed by atoms with Crippen molar-refractivity contribution in [3.8, 4) is 0 Å². The summed E-state index contributed by atoms with van der Waals surface area (Å²) in [7, 11) is 0. The van der Waals surface area contributed by atoms with Gasteiger partial charge in [-0.25, -0.2) is 4.79 Å². The number of carbonyl (C=O) groups is 2. The fourth-order valence-corrected chi connectivity index (χ4v) is 0.980. The highest BCUT2D eigenvalue weighted by Gasteiger charge is 2.14. The summed E-state index contributed by atoms with van der Waals surface area (Å²) < 4.78 is 4.75. The second-order valence-electron chi connectivity index (χ2n) is 3.19. The van der Waals surface area contributed by atoms with Crippen LogP contribution in [0.5, 0.6) is 0 Å². The zero-order valence-electron chi connectivity index (χ0n) is 8.98. The highest BCUT2D eigenvalue weighted by Crippen LogP contribution is 1.94. The Morgan fingerprint density at radius 2 is 2.25 bits per heavy atom. The lowest BCUT2D eigenvalue weighted by atomic mass is 10.3. The number of nitrogens with one attached hydrogen (secondary N) is 2. The molecule has 0 aliphatic carbocycles. The van der Waals surface area contributed by atoms with Crippen molar-refractivity contribution in [3.05, 3.63) is 11.7 Å². The van der Waals surface area contributed by atoms with Gasteiger partial charge in [0.2, 0.25) is 11.8 Å². The van der Waals surface area contributed by atoms with E-state index in [0.717, 1.165) is 0 Å². The van der Waals surface area contributed by atoms with E-state index in [1.54, 1.807) is 13.8 Å². The molecule has 0 aromatic carbocycles. The second-order valence-corrected chi connectivity index (χ2v) is 3.19. The van der Waals surface area contributed by atoms with Crippen LogP contribution in [0.2, 0.25) is 0 Å². The van der Waals surface area contributed by atoms with Gasteiger partial charge in [-0.2, -0.15) is 4.98 Å². The molecule has 0 saturated heterocycles. The van der Waals surface area contributed by atoms with Crippen LogP contribution in [0.1, 0.15) is 18.6 Å². The quantitative estimate of drug-likeness (QED) is 0.609. The lowest BCUT2D eigenvalue weighted by Gasteiger charge is -2.10. The number of hydrogen-bond acceptors (Lipinski definition) is 6. The van der Waals surface area contributed by atoms with E-state index in [2.05, 4.69) is 15.5 Å². The number of nitrogens with zero attached hydrogens (tertiary/aromatic N) is 2. The van der Waals surface area contributed by atoms with Gasteiger partial charge in [-0.15, -0.1) is 0 Å². The van der Waals surface area contributed by atoms with Crippen molar-refractivity contribution in [2.45, 2.75) is 26.4 Å². The van der Waals surface area contributed by atoms with Crippen molar-refractivity contribution in [2.75, 3.05) is 0 Å². The molecule has 88 valence electrons. The minimum Gasteiger partial charge on any atom is -0.351 e. The molecule has 0 aliphatic rings. The van der Waals surface area contributed by atoms with Crippen LogP contribution in [0.25, 0.3) is 0 Å². The Morgan fingerprint density at radius 1 is 1.56 bits per heavy atom. The molecule has 1 atom stereocenters. The van der Waals surface area contributed by atoms with E-state index in [1.165, 1.54) is 0 Å². The first kappa shape index (κ1) is 12.1. The molecule has 4 N–H and O–H groups in total. The normalized spacial score (nSPS) is 12.1. The molecule has 1 aromatic heterocycles. The fourth-order valence-electron chi connectivity index (χ4n) is 0.980. The largest absolute Gasteiger partial charge is 0.351 e. The van der Waals surface area contributed by atoms with Crippen LogP contribution in [-0.4, -0.2) is 28.1 Å². The van der Waals surface area contributed by atoms with Gasteiger partial charge >= 0.3 is 6.03 Å². The lowest BCUT2D eigenvalue weighted by molar-refractivity contribution is -0.121. The van der Waals surface area contributed by atoms with E-state index in [1.807, 2.05) is 5.32 Å². The highest BCUT2D eigenvalue weighted by molar-refractivity contribution is 5.96. The van der Waals surface area contributed by atoms with Gasteiger partial charge < -0.3 is 10.3 Å². The zero-order valence-corrected chi connectivity index (χ0v) is 8.98. The van der Waals surface area contributed by atoms with Gasteiger partial charge in [0.1, 0.15) is 0 Å². The smallest absolute Gasteiger partial charge is 0.318 e. The minimum absolute atomic E-state index is 0.269. The monoisotopic (exact) mass is 227 g/mol. The average molecular weight is 227 g/mol. The SMILES string of the molecule is Cc1nc(CNC(C)C(=O)NC(N)=O)no1. The van der Waals surface area contributed by atoms with Crippen LogP contribution in [0.4, 0.5) is 4.79 Å². The van der Waals surface area contributed by atoms with Gasteiger partial charge in [0.25, 0.3) is 0 Å². The Bertz CT molecular complexity index is 389. The number of rotatable bonds is 4. The molecule has 1 unspecified atom stereocenters. The summed E-state index contributed by atoms with van der Waals surface area (Å²) in [6.07, 6.45) is 0. The summed E-state index contributed by atoms with van der Waals surface area (Å²) >= 11 is 0. The van der Waals surface area contributed by atoms with Crippen LogP contribution in [0, 0.1) is 6.92 Å². The summed E-state index contributed by atoms with van der Waals surface area (Å²) in [4.78, 5) is 25.6. The third kappa shape index (κ3) is 3.65. The Kier molecular flexibility index (Phi) is 3.95. The van der Waals surface area contributed by atoms with Gasteiger partial charge in [-0.1, -0.05) is 5.16 Å². The summed E-state index contributed by atoms with van der Waals surface area (Å²) in [6, 6.07) is -1.46. The van der Waals surface area contributed by atoms with E-state index in [0.29, 0.717) is 11.7 Å². The molecule has 8 heteroatoms. The molecule has 0 radical (unpaired) electrons. The molecule has 0 spiro atoms. The maximum atomic E-state index is 11.2. The summed E-state index contributed by atoms with van der Waals surface area (Å²) in [5, 5.41) is 8.41. The van der Waals surface area contributed by atoms with Crippen LogP contribution in [-0.2, 0) is 11.3 Å². The molecular formula is C8H13N5O3. The topological polar surface area (TPSA) is 123 Å². The number of amides is 3. The number of aromatic nitrogens is 2. The number of hydrogen-bond donors (Lipinski definition) is 3. The van der Waals surface area contributed by atoms with E-state index in [9.17, 15) is 9.59 Å². The maximum Gasteiger partial charge on any atom is 0.318 e. The molecule has 0 saturated carbocycles. The van der Waals surface area contributed by atoms with E-state index >= 15 is 0 Å². The lowest BCUT2D eigenvalue weighted by Crippen LogP contribution is -2.46. The molecule has 1 rings (SSSR count). The standard InChI is InChI=1S/C8H13N5O3/c1-4(7(14)12-8(9)15)10-3-6-11-5(2)16-13-6/h4,10H,3H2,1-2H3,(H3,9,12,14,15). The maximum absolute atomic E-state index is 11.2. The highest BCUT2D eigenvalue weighted by atomic mass is 16.5. The van der Waals surface area contributed by atoms with Crippen LogP contribution < -0.4 is 16.4 Å². The molecule has 8 nitrogen and oxygen atoms in total. The van der Waals surface area contributed by atoms with Crippen LogP contribution >= 0.6 is 0 Å². The summed E-state index contributed by atoms with van der Waals surface area (Å²) in [6.45, 7) is 3.52. The number of urea groups is 1. The van der Waals surface area contributed by atoms with Crippen molar-refractivity contribution in [3.63, 3.8) is 0 Å².